The molecule has 12 heteroatoms. The van der Waals surface area contributed by atoms with E-state index in [9.17, 15) is 4.79 Å². The number of nitrogens with one attached hydrogen (secondary N) is 2. The van der Waals surface area contributed by atoms with Gasteiger partial charge in [0.15, 0.2) is 40.6 Å². The number of fused-ring (bicyclic) bond motifs is 1. The van der Waals surface area contributed by atoms with Gasteiger partial charge in [-0.25, -0.2) is 0 Å². The van der Waals surface area contributed by atoms with Gasteiger partial charge in [-0.1, -0.05) is 29.4 Å². The maximum Gasteiger partial charge on any atom is 0.255 e. The van der Waals surface area contributed by atoms with Crippen LogP contribution in [0.5, 0.6) is 40.2 Å². The Morgan fingerprint density at radius 2 is 1.31 bits per heavy atom. The molecule has 12 nitrogen and oxygen atoms in total. The van der Waals surface area contributed by atoms with Crippen molar-refractivity contribution in [3.05, 3.63) is 95.1 Å². The normalized spacial score (nSPS) is 16.1. The molecular formula is C39H43N3O9. The molecule has 1 amide bonds. The molecule has 2 aliphatic heterocycles. The quantitative estimate of drug-likeness (QED) is 0.117. The maximum atomic E-state index is 12.6. The number of carbonyl (C=O) groups excluding carboxylic acids is 1. The number of para-hydroxylation sites is 1. The van der Waals surface area contributed by atoms with Gasteiger partial charge in [-0.15, -0.1) is 0 Å². The molecule has 0 aliphatic carbocycles. The second-order valence-electron chi connectivity index (χ2n) is 11.9. The Kier molecular flexibility index (Phi) is 11.2. The lowest BCUT2D eigenvalue weighted by atomic mass is 9.99. The predicted octanol–water partition coefficient (Wildman–Crippen LogP) is 7.08. The standard InChI is InChI=1S/C39H43N3O9/c1-44-30-15-13-24(32-23-29(42-51-32)26-21-35(46-3)37(48-5)36(22-26)47-4)19-34(30)50-18-10-6-9-17-49-31-16-14-25(20-33(31)45-2)38-40-28-12-8-7-11-27(28)39(43)41-38/h7-8,11-16,19-22,32,38,40H,6,9-10,17-18,23H2,1-5H3,(H,41,43). The van der Waals surface area contributed by atoms with Crippen molar-refractivity contribution in [3.63, 3.8) is 0 Å². The largest absolute Gasteiger partial charge is 0.493 e. The fourth-order valence-electron chi connectivity index (χ4n) is 6.08. The van der Waals surface area contributed by atoms with Crippen molar-refractivity contribution in [1.29, 1.82) is 0 Å². The Hall–Kier alpha value is -5.78. The van der Waals surface area contributed by atoms with E-state index in [-0.39, 0.29) is 18.2 Å². The summed E-state index contributed by atoms with van der Waals surface area (Å²) >= 11 is 0. The van der Waals surface area contributed by atoms with Crippen LogP contribution in [-0.2, 0) is 4.84 Å². The Morgan fingerprint density at radius 1 is 0.667 bits per heavy atom. The van der Waals surface area contributed by atoms with Crippen LogP contribution in [-0.4, -0.2) is 60.4 Å². The van der Waals surface area contributed by atoms with Crippen LogP contribution >= 0.6 is 0 Å². The molecule has 268 valence electrons. The topological polar surface area (TPSA) is 127 Å². The van der Waals surface area contributed by atoms with Crippen molar-refractivity contribution in [2.75, 3.05) is 54.1 Å². The highest BCUT2D eigenvalue weighted by molar-refractivity contribution is 6.02. The number of hydrogen-bond acceptors (Lipinski definition) is 11. The highest BCUT2D eigenvalue weighted by Gasteiger charge is 2.28. The van der Waals surface area contributed by atoms with Gasteiger partial charge in [0.25, 0.3) is 5.91 Å². The number of oxime groups is 1. The predicted molar refractivity (Wildman–Crippen MR) is 192 cm³/mol. The number of nitrogens with zero attached hydrogens (tertiary/aromatic N) is 1. The SMILES string of the molecule is COc1cc(C2NC(=O)c3ccccc3N2)ccc1OCCCCCOc1cc(C2CC(c3cc(OC)c(OC)c(OC)c3)=NO2)ccc1OC. The van der Waals surface area contributed by atoms with E-state index < -0.39 is 0 Å². The second kappa shape index (κ2) is 16.3. The van der Waals surface area contributed by atoms with Gasteiger partial charge >= 0.3 is 0 Å². The first-order valence-electron chi connectivity index (χ1n) is 16.8. The van der Waals surface area contributed by atoms with Crippen LogP contribution in [0.25, 0.3) is 0 Å². The van der Waals surface area contributed by atoms with Crippen LogP contribution in [0.1, 0.15) is 65.0 Å². The molecule has 0 aromatic heterocycles. The summed E-state index contributed by atoms with van der Waals surface area (Å²) in [5.41, 5.74) is 4.81. The average Bonchev–Trinajstić information content (AvgIpc) is 3.67. The van der Waals surface area contributed by atoms with Crippen molar-refractivity contribution in [2.24, 2.45) is 5.16 Å². The van der Waals surface area contributed by atoms with Gasteiger partial charge in [0, 0.05) is 17.7 Å². The second-order valence-corrected chi connectivity index (χ2v) is 11.9. The van der Waals surface area contributed by atoms with Crippen molar-refractivity contribution in [1.82, 2.24) is 5.32 Å². The van der Waals surface area contributed by atoms with Gasteiger partial charge in [0.2, 0.25) is 5.75 Å². The van der Waals surface area contributed by atoms with E-state index in [4.69, 9.17) is 38.0 Å². The van der Waals surface area contributed by atoms with E-state index in [1.54, 1.807) is 41.6 Å². The third-order valence-corrected chi connectivity index (χ3v) is 8.80. The Bertz CT molecular complexity index is 1850. The molecule has 51 heavy (non-hydrogen) atoms. The third kappa shape index (κ3) is 7.85. The lowest BCUT2D eigenvalue weighted by Crippen LogP contribution is -2.38. The van der Waals surface area contributed by atoms with E-state index in [2.05, 4.69) is 15.8 Å². The summed E-state index contributed by atoms with van der Waals surface area (Å²) in [7, 11) is 7.97. The minimum atomic E-state index is -0.375. The number of carbonyl (C=O) groups is 1. The number of rotatable bonds is 16. The van der Waals surface area contributed by atoms with Crippen molar-refractivity contribution >= 4 is 17.3 Å². The number of hydrogen-bond donors (Lipinski definition) is 2. The fourth-order valence-corrected chi connectivity index (χ4v) is 6.08. The van der Waals surface area contributed by atoms with Crippen LogP contribution in [0, 0.1) is 0 Å². The third-order valence-electron chi connectivity index (χ3n) is 8.80. The first-order valence-corrected chi connectivity index (χ1v) is 16.8. The summed E-state index contributed by atoms with van der Waals surface area (Å²) in [4.78, 5) is 18.4. The molecular weight excluding hydrogens is 654 g/mol. The number of methoxy groups -OCH3 is 5. The summed E-state index contributed by atoms with van der Waals surface area (Å²) in [6.07, 6.45) is 2.46. The van der Waals surface area contributed by atoms with Gasteiger partial charge in [-0.3, -0.25) is 4.79 Å². The molecule has 4 aromatic rings. The Morgan fingerprint density at radius 3 is 2.02 bits per heavy atom. The molecule has 0 saturated carbocycles. The van der Waals surface area contributed by atoms with Crippen molar-refractivity contribution in [3.8, 4) is 40.2 Å². The fraction of sp³-hybridized carbons (Fsp3) is 0.333. The van der Waals surface area contributed by atoms with Gasteiger partial charge in [-0.05, 0) is 78.9 Å². The number of anilines is 1. The summed E-state index contributed by atoms with van der Waals surface area (Å²) in [6.45, 7) is 1.04. The molecule has 2 unspecified atom stereocenters. The molecule has 0 fully saturated rings. The van der Waals surface area contributed by atoms with Gasteiger partial charge in [0.05, 0.1) is 60.0 Å². The first kappa shape index (κ1) is 35.1. The van der Waals surface area contributed by atoms with Gasteiger partial charge < -0.3 is 48.6 Å². The number of amides is 1. The molecule has 4 aromatic carbocycles. The summed E-state index contributed by atoms with van der Waals surface area (Å²) in [5.74, 6) is 4.04. The lowest BCUT2D eigenvalue weighted by molar-refractivity contribution is 0.0854. The zero-order valence-electron chi connectivity index (χ0n) is 29.4. The van der Waals surface area contributed by atoms with Gasteiger partial charge in [-0.2, -0.15) is 0 Å². The van der Waals surface area contributed by atoms with Crippen LogP contribution in [0.2, 0.25) is 0 Å². The smallest absolute Gasteiger partial charge is 0.255 e. The average molecular weight is 698 g/mol. The van der Waals surface area contributed by atoms with E-state index in [0.29, 0.717) is 65.4 Å². The van der Waals surface area contributed by atoms with Crippen LogP contribution < -0.4 is 43.8 Å². The molecule has 0 spiro atoms. The van der Waals surface area contributed by atoms with E-state index in [1.165, 1.54) is 0 Å². The molecule has 0 saturated heterocycles. The highest BCUT2D eigenvalue weighted by Crippen LogP contribution is 2.41. The molecule has 2 atom stereocenters. The Labute approximate surface area is 297 Å². The maximum absolute atomic E-state index is 12.6. The first-order chi connectivity index (χ1) is 25.0. The summed E-state index contributed by atoms with van der Waals surface area (Å²) in [5, 5.41) is 10.7. The van der Waals surface area contributed by atoms with Gasteiger partial charge in [0.1, 0.15) is 6.17 Å². The minimum Gasteiger partial charge on any atom is -0.493 e. The molecule has 6 rings (SSSR count). The number of unbranched alkanes of at least 4 members (excludes halogenated alkanes) is 2. The molecule has 2 heterocycles. The minimum absolute atomic E-state index is 0.121. The Balaban J connectivity index is 0.976. The van der Waals surface area contributed by atoms with E-state index in [1.807, 2.05) is 66.7 Å². The molecule has 0 bridgehead atoms. The van der Waals surface area contributed by atoms with Crippen LogP contribution in [0.3, 0.4) is 0 Å². The van der Waals surface area contributed by atoms with Crippen LogP contribution in [0.4, 0.5) is 5.69 Å². The zero-order valence-corrected chi connectivity index (χ0v) is 29.4. The number of benzene rings is 4. The summed E-state index contributed by atoms with van der Waals surface area (Å²) < 4.78 is 39.9. The molecule has 0 radical (unpaired) electrons. The zero-order chi connectivity index (χ0) is 35.7. The van der Waals surface area contributed by atoms with E-state index >= 15 is 0 Å². The van der Waals surface area contributed by atoms with Crippen LogP contribution in [0.15, 0.2) is 78.0 Å². The molecule has 2 N–H and O–H groups in total. The summed E-state index contributed by atoms with van der Waals surface area (Å²) in [6, 6.07) is 22.6. The lowest BCUT2D eigenvalue weighted by Gasteiger charge is -2.28. The molecule has 2 aliphatic rings. The highest BCUT2D eigenvalue weighted by atomic mass is 16.6. The van der Waals surface area contributed by atoms with E-state index in [0.717, 1.165) is 47.4 Å². The monoisotopic (exact) mass is 697 g/mol. The van der Waals surface area contributed by atoms with Crippen molar-refractivity contribution in [2.45, 2.75) is 38.0 Å². The number of ether oxygens (including phenoxy) is 7. The van der Waals surface area contributed by atoms with Crippen molar-refractivity contribution < 1.29 is 42.8 Å².